The van der Waals surface area contributed by atoms with E-state index < -0.39 is 4.92 Å². The Bertz CT molecular complexity index is 300. The van der Waals surface area contributed by atoms with Crippen LogP contribution in [0.25, 0.3) is 0 Å². The van der Waals surface area contributed by atoms with Gasteiger partial charge in [0.25, 0.3) is 0 Å². The molecule has 0 saturated heterocycles. The molecule has 1 rings (SSSR count). The number of hydrogen-bond acceptors (Lipinski definition) is 3. The Balaban J connectivity index is 3.15. The van der Waals surface area contributed by atoms with Gasteiger partial charge in [0.15, 0.2) is 0 Å². The second-order valence-electron chi connectivity index (χ2n) is 1.93. The number of benzene rings is 1. The van der Waals surface area contributed by atoms with Crippen LogP contribution in [0.15, 0.2) is 18.2 Å². The molecule has 1 N–H and O–H groups in total. The molecule has 0 aromatic heterocycles. The number of nitro benzene ring substituents is 1. The van der Waals surface area contributed by atoms with Crippen LogP contribution in [0.2, 0.25) is 0 Å². The van der Waals surface area contributed by atoms with Crippen molar-refractivity contribution in [1.82, 2.24) is 0 Å². The van der Waals surface area contributed by atoms with Crippen molar-refractivity contribution in [2.24, 2.45) is 0 Å². The third kappa shape index (κ3) is 1.71. The van der Waals surface area contributed by atoms with E-state index in [1.54, 1.807) is 0 Å². The molecule has 0 atom stereocenters. The fraction of sp³-hybridized carbons (Fsp3) is 0. The van der Waals surface area contributed by atoms with Gasteiger partial charge in [-0.3, -0.25) is 0 Å². The topological polar surface area (TPSA) is 63.4 Å². The summed E-state index contributed by atoms with van der Waals surface area (Å²) in [5.74, 6) is 0.0515. The number of rotatable bonds is 1. The zero-order valence-electron chi connectivity index (χ0n) is 5.39. The Labute approximate surface area is 71.5 Å². The van der Waals surface area contributed by atoms with Crippen LogP contribution in [0.5, 0.6) is 5.75 Å². The standard InChI is InChI=1S/C6H4AsNO3/c7-5-3-4(8(10)11)1-2-6(5)9/h1-3,9H. The molecule has 0 aliphatic heterocycles. The fourth-order valence-corrected chi connectivity index (χ4v) is 1.06. The fourth-order valence-electron chi connectivity index (χ4n) is 0.625. The van der Waals surface area contributed by atoms with Crippen molar-refractivity contribution < 1.29 is 10.0 Å². The van der Waals surface area contributed by atoms with Gasteiger partial charge >= 0.3 is 71.0 Å². The summed E-state index contributed by atoms with van der Waals surface area (Å²) in [5.41, 5.74) is -0.0153. The normalized spacial score (nSPS) is 9.55. The predicted molar refractivity (Wildman–Crippen MR) is 40.1 cm³/mol. The van der Waals surface area contributed by atoms with Gasteiger partial charge in [-0.15, -0.1) is 0 Å². The van der Waals surface area contributed by atoms with Crippen molar-refractivity contribution in [1.29, 1.82) is 0 Å². The van der Waals surface area contributed by atoms with Gasteiger partial charge in [0.1, 0.15) is 0 Å². The third-order valence-corrected chi connectivity index (χ3v) is 1.92. The summed E-state index contributed by atoms with van der Waals surface area (Å²) in [6.45, 7) is 0. The molecule has 1 aromatic carbocycles. The predicted octanol–water partition coefficient (Wildman–Crippen LogP) is 0.0942. The summed E-state index contributed by atoms with van der Waals surface area (Å²) in [4.78, 5) is 9.68. The third-order valence-electron chi connectivity index (χ3n) is 1.17. The number of aromatic hydroxyl groups is 1. The molecule has 0 unspecified atom stereocenters. The van der Waals surface area contributed by atoms with Crippen molar-refractivity contribution in [3.63, 3.8) is 0 Å². The Morgan fingerprint density at radius 1 is 1.55 bits per heavy atom. The first-order valence-electron chi connectivity index (χ1n) is 2.77. The van der Waals surface area contributed by atoms with Crippen LogP contribution in [0.1, 0.15) is 0 Å². The van der Waals surface area contributed by atoms with Crippen molar-refractivity contribution in [2.75, 3.05) is 0 Å². The van der Waals surface area contributed by atoms with Gasteiger partial charge in [-0.2, -0.15) is 0 Å². The molecular formula is C6H4AsNO3. The van der Waals surface area contributed by atoms with Gasteiger partial charge in [-0.05, 0) is 0 Å². The number of phenolic OH excluding ortho intramolecular Hbond substituents is 1. The van der Waals surface area contributed by atoms with E-state index in [1.165, 1.54) is 18.2 Å². The number of non-ortho nitro benzene ring substituents is 1. The van der Waals surface area contributed by atoms with Crippen LogP contribution in [0, 0.1) is 10.1 Å². The van der Waals surface area contributed by atoms with E-state index in [0.717, 1.165) is 0 Å². The zero-order chi connectivity index (χ0) is 8.43. The van der Waals surface area contributed by atoms with E-state index in [1.807, 2.05) is 0 Å². The number of nitro groups is 1. The summed E-state index contributed by atoms with van der Waals surface area (Å²) in [5, 5.41) is 19.2. The van der Waals surface area contributed by atoms with Crippen LogP contribution in [-0.4, -0.2) is 26.9 Å². The summed E-state index contributed by atoms with van der Waals surface area (Å²) in [6.07, 6.45) is 0. The molecule has 56 valence electrons. The molecule has 0 amide bonds. The molecule has 0 bridgehead atoms. The minimum atomic E-state index is -0.504. The summed E-state index contributed by atoms with van der Waals surface area (Å²) in [7, 11) is 0. The van der Waals surface area contributed by atoms with Crippen molar-refractivity contribution in [2.45, 2.75) is 0 Å². The molecule has 0 saturated carbocycles. The van der Waals surface area contributed by atoms with Gasteiger partial charge in [-0.1, -0.05) is 0 Å². The van der Waals surface area contributed by atoms with Crippen LogP contribution in [0.3, 0.4) is 0 Å². The molecule has 2 radical (unpaired) electrons. The Morgan fingerprint density at radius 3 is 2.64 bits per heavy atom. The van der Waals surface area contributed by atoms with Crippen LogP contribution in [-0.2, 0) is 0 Å². The first-order valence-corrected chi connectivity index (χ1v) is 3.71. The first-order chi connectivity index (χ1) is 5.11. The molecule has 0 aliphatic rings. The Morgan fingerprint density at radius 2 is 2.18 bits per heavy atom. The molecule has 1 aromatic rings. The second-order valence-corrected chi connectivity index (χ2v) is 2.94. The van der Waals surface area contributed by atoms with Crippen molar-refractivity contribution >= 4 is 26.9 Å². The van der Waals surface area contributed by atoms with E-state index >= 15 is 0 Å². The monoisotopic (exact) mass is 213 g/mol. The maximum atomic E-state index is 10.2. The second kappa shape index (κ2) is 2.92. The van der Waals surface area contributed by atoms with Crippen LogP contribution < -0.4 is 4.35 Å². The first kappa shape index (κ1) is 8.08. The van der Waals surface area contributed by atoms with Crippen molar-refractivity contribution in [3.8, 4) is 5.75 Å². The number of phenols is 1. The quantitative estimate of drug-likeness (QED) is 0.408. The van der Waals surface area contributed by atoms with Crippen molar-refractivity contribution in [3.05, 3.63) is 28.3 Å². The zero-order valence-corrected chi connectivity index (χ0v) is 7.27. The van der Waals surface area contributed by atoms with Crippen LogP contribution >= 0.6 is 0 Å². The van der Waals surface area contributed by atoms with Gasteiger partial charge in [0, 0.05) is 0 Å². The molecule has 4 nitrogen and oxygen atoms in total. The molecule has 11 heavy (non-hydrogen) atoms. The maximum absolute atomic E-state index is 10.2. The molecule has 0 heterocycles. The van der Waals surface area contributed by atoms with E-state index in [9.17, 15) is 10.1 Å². The summed E-state index contributed by atoms with van der Waals surface area (Å²) < 4.78 is 0.451. The molecular weight excluding hydrogens is 209 g/mol. The SMILES string of the molecule is O=[N+]([O-])c1ccc(O)c([As])c1. The summed E-state index contributed by atoms with van der Waals surface area (Å²) >= 11 is 2.06. The van der Waals surface area contributed by atoms with Gasteiger partial charge < -0.3 is 0 Å². The average Bonchev–Trinajstić information content (AvgIpc) is 1.94. The van der Waals surface area contributed by atoms with E-state index in [4.69, 9.17) is 5.11 Å². The molecule has 0 spiro atoms. The van der Waals surface area contributed by atoms with Gasteiger partial charge in [0.2, 0.25) is 0 Å². The molecule has 5 heteroatoms. The van der Waals surface area contributed by atoms with Crippen LogP contribution in [0.4, 0.5) is 5.69 Å². The molecule has 0 fully saturated rings. The summed E-state index contributed by atoms with van der Waals surface area (Å²) in [6, 6.07) is 3.85. The Hall–Kier alpha value is -1.02. The minimum absolute atomic E-state index is 0.0153. The van der Waals surface area contributed by atoms with E-state index in [-0.39, 0.29) is 11.4 Å². The van der Waals surface area contributed by atoms with Gasteiger partial charge in [-0.25, -0.2) is 0 Å². The van der Waals surface area contributed by atoms with Gasteiger partial charge in [0.05, 0.1) is 0 Å². The van der Waals surface area contributed by atoms with E-state index in [2.05, 4.69) is 16.9 Å². The number of hydrogen-bond donors (Lipinski definition) is 1. The Kier molecular flexibility index (Phi) is 2.15. The molecule has 0 aliphatic carbocycles. The number of nitrogens with zero attached hydrogens (tertiary/aromatic N) is 1. The average molecular weight is 213 g/mol. The van der Waals surface area contributed by atoms with E-state index in [0.29, 0.717) is 4.35 Å².